The van der Waals surface area contributed by atoms with E-state index in [9.17, 15) is 22.8 Å². The van der Waals surface area contributed by atoms with Crippen LogP contribution in [0.4, 0.5) is 24.7 Å². The van der Waals surface area contributed by atoms with E-state index in [2.05, 4.69) is 20.9 Å². The lowest BCUT2D eigenvalue weighted by atomic mass is 9.93. The summed E-state index contributed by atoms with van der Waals surface area (Å²) in [6.07, 6.45) is -3.71. The lowest BCUT2D eigenvalue weighted by molar-refractivity contribution is -0.141. The molecule has 0 bridgehead atoms. The third-order valence-corrected chi connectivity index (χ3v) is 4.44. The molecule has 0 atom stereocenters. The molecule has 3 rings (SSSR count). The van der Waals surface area contributed by atoms with E-state index < -0.39 is 23.3 Å². The van der Waals surface area contributed by atoms with Crippen molar-refractivity contribution in [3.63, 3.8) is 0 Å². The predicted molar refractivity (Wildman–Crippen MR) is 110 cm³/mol. The monoisotopic (exact) mass is 449 g/mol. The fourth-order valence-electron chi connectivity index (χ4n) is 2.83. The van der Waals surface area contributed by atoms with Gasteiger partial charge in [0.25, 0.3) is 5.91 Å². The maximum Gasteiger partial charge on any atom is 0.435 e. The number of carbonyl (C=O) groups excluding carboxylic acids is 2. The number of nitrogens with one attached hydrogen (secondary N) is 2. The molecule has 0 aliphatic carbocycles. The number of benzene rings is 1. The van der Waals surface area contributed by atoms with E-state index in [1.54, 1.807) is 18.2 Å². The molecule has 170 valence electrons. The van der Waals surface area contributed by atoms with Gasteiger partial charge in [-0.15, -0.1) is 0 Å². The summed E-state index contributed by atoms with van der Waals surface area (Å²) in [4.78, 5) is 24.5. The Labute approximate surface area is 181 Å². The summed E-state index contributed by atoms with van der Waals surface area (Å²) in [7, 11) is 1.30. The van der Waals surface area contributed by atoms with Gasteiger partial charge < -0.3 is 15.2 Å². The Morgan fingerprint density at radius 2 is 1.75 bits per heavy atom. The summed E-state index contributed by atoms with van der Waals surface area (Å²) >= 11 is 0. The van der Waals surface area contributed by atoms with Gasteiger partial charge >= 0.3 is 6.18 Å². The number of anilines is 2. The summed E-state index contributed by atoms with van der Waals surface area (Å²) in [6, 6.07) is 7.83. The number of hydrogen-bond acceptors (Lipinski definition) is 5. The Balaban J connectivity index is 1.61. The molecule has 0 unspecified atom stereocenters. The minimum Gasteiger partial charge on any atom is -0.359 e. The largest absolute Gasteiger partial charge is 0.435 e. The summed E-state index contributed by atoms with van der Waals surface area (Å²) in [5, 5.41) is 12.2. The molecule has 2 N–H and O–H groups in total. The standard InChI is InChI=1S/C21H22F3N5O3/c1-20(2,3)15-10-16(28-32-15)26-17(30)9-12-5-7-13(8-6-12)25-19(31)14-11-29(4)27-18(14)21(22,23)24/h5-8,10-11H,9H2,1-4H3,(H,25,31)(H,26,28,30). The van der Waals surface area contributed by atoms with Crippen molar-refractivity contribution in [3.8, 4) is 0 Å². The van der Waals surface area contributed by atoms with E-state index in [1.165, 1.54) is 19.2 Å². The van der Waals surface area contributed by atoms with Gasteiger partial charge in [-0.05, 0) is 17.7 Å². The minimum absolute atomic E-state index is 0.0345. The second-order valence-electron chi connectivity index (χ2n) is 8.27. The van der Waals surface area contributed by atoms with Crippen molar-refractivity contribution in [1.29, 1.82) is 0 Å². The van der Waals surface area contributed by atoms with Crippen molar-refractivity contribution in [3.05, 3.63) is 59.1 Å². The fourth-order valence-corrected chi connectivity index (χ4v) is 2.83. The second kappa shape index (κ2) is 8.48. The molecule has 0 radical (unpaired) electrons. The summed E-state index contributed by atoms with van der Waals surface area (Å²) < 4.78 is 45.3. The SMILES string of the molecule is Cn1cc(C(=O)Nc2ccc(CC(=O)Nc3cc(C(C)(C)C)on3)cc2)c(C(F)(F)F)n1. The molecule has 32 heavy (non-hydrogen) atoms. The van der Waals surface area contributed by atoms with Gasteiger partial charge in [-0.2, -0.15) is 18.3 Å². The first-order valence-electron chi connectivity index (χ1n) is 9.61. The Bertz CT molecular complexity index is 1120. The van der Waals surface area contributed by atoms with Crippen molar-refractivity contribution in [2.75, 3.05) is 10.6 Å². The van der Waals surface area contributed by atoms with Crippen molar-refractivity contribution >= 4 is 23.3 Å². The molecule has 2 amide bonds. The third-order valence-electron chi connectivity index (χ3n) is 4.44. The number of rotatable bonds is 5. The lowest BCUT2D eigenvalue weighted by Crippen LogP contribution is -2.18. The Hall–Kier alpha value is -3.63. The number of aryl methyl sites for hydroxylation is 1. The second-order valence-corrected chi connectivity index (χ2v) is 8.27. The number of aromatic nitrogens is 3. The van der Waals surface area contributed by atoms with Gasteiger partial charge in [-0.25, -0.2) is 0 Å². The molecule has 0 saturated carbocycles. The molecule has 2 heterocycles. The van der Waals surface area contributed by atoms with Crippen molar-refractivity contribution in [2.24, 2.45) is 7.05 Å². The zero-order valence-corrected chi connectivity index (χ0v) is 17.9. The molecular formula is C21H22F3N5O3. The molecule has 0 aliphatic rings. The maximum absolute atomic E-state index is 13.0. The van der Waals surface area contributed by atoms with Crippen molar-refractivity contribution in [2.45, 2.75) is 38.8 Å². The van der Waals surface area contributed by atoms with Crippen LogP contribution in [0.1, 0.15) is 48.1 Å². The molecule has 1 aromatic carbocycles. The molecule has 8 nitrogen and oxygen atoms in total. The van der Waals surface area contributed by atoms with Gasteiger partial charge in [0.2, 0.25) is 5.91 Å². The van der Waals surface area contributed by atoms with E-state index in [0.717, 1.165) is 10.9 Å². The van der Waals surface area contributed by atoms with E-state index in [4.69, 9.17) is 4.52 Å². The average molecular weight is 449 g/mol. The maximum atomic E-state index is 13.0. The summed E-state index contributed by atoms with van der Waals surface area (Å²) in [5.74, 6) is -0.312. The highest BCUT2D eigenvalue weighted by molar-refractivity contribution is 6.05. The number of amides is 2. The number of carbonyl (C=O) groups is 2. The first-order chi connectivity index (χ1) is 14.8. The van der Waals surface area contributed by atoms with Crippen molar-refractivity contribution in [1.82, 2.24) is 14.9 Å². The molecule has 11 heteroatoms. The van der Waals surface area contributed by atoms with E-state index in [-0.39, 0.29) is 23.4 Å². The first-order valence-corrected chi connectivity index (χ1v) is 9.61. The summed E-state index contributed by atoms with van der Waals surface area (Å²) in [6.45, 7) is 5.87. The Kier molecular flexibility index (Phi) is 6.11. The molecular weight excluding hydrogens is 427 g/mol. The van der Waals surface area contributed by atoms with Gasteiger partial charge in [0, 0.05) is 30.4 Å². The number of halogens is 3. The van der Waals surface area contributed by atoms with Crippen LogP contribution in [0.15, 0.2) is 41.1 Å². The van der Waals surface area contributed by atoms with Gasteiger partial charge in [0.15, 0.2) is 11.5 Å². The number of nitrogens with zero attached hydrogens (tertiary/aromatic N) is 3. The van der Waals surface area contributed by atoms with Crippen LogP contribution in [-0.2, 0) is 29.9 Å². The molecule has 0 aliphatic heterocycles. The zero-order chi connectivity index (χ0) is 23.7. The Morgan fingerprint density at radius 1 is 1.09 bits per heavy atom. The van der Waals surface area contributed by atoms with Crippen LogP contribution in [0.2, 0.25) is 0 Å². The third kappa shape index (κ3) is 5.54. The van der Waals surface area contributed by atoms with E-state index in [1.807, 2.05) is 20.8 Å². The minimum atomic E-state index is -4.75. The zero-order valence-electron chi connectivity index (χ0n) is 17.9. The highest BCUT2D eigenvalue weighted by atomic mass is 19.4. The van der Waals surface area contributed by atoms with E-state index >= 15 is 0 Å². The topological polar surface area (TPSA) is 102 Å². The first kappa shape index (κ1) is 23.0. The quantitative estimate of drug-likeness (QED) is 0.609. The molecule has 0 fully saturated rings. The smallest absolute Gasteiger partial charge is 0.359 e. The van der Waals surface area contributed by atoms with Crippen LogP contribution in [0.5, 0.6) is 0 Å². The van der Waals surface area contributed by atoms with Gasteiger partial charge in [-0.1, -0.05) is 38.1 Å². The van der Waals surface area contributed by atoms with Crippen molar-refractivity contribution < 1.29 is 27.3 Å². The highest BCUT2D eigenvalue weighted by Crippen LogP contribution is 2.31. The van der Waals surface area contributed by atoms with Crippen LogP contribution < -0.4 is 10.6 Å². The number of hydrogen-bond donors (Lipinski definition) is 2. The molecule has 0 spiro atoms. The van der Waals surface area contributed by atoms with Crippen LogP contribution >= 0.6 is 0 Å². The van der Waals surface area contributed by atoms with Crippen LogP contribution in [0.25, 0.3) is 0 Å². The van der Waals surface area contributed by atoms with Gasteiger partial charge in [-0.3, -0.25) is 14.3 Å². The normalized spacial score (nSPS) is 12.0. The van der Waals surface area contributed by atoms with Crippen LogP contribution in [-0.4, -0.2) is 26.8 Å². The summed E-state index contributed by atoms with van der Waals surface area (Å²) in [5.41, 5.74) is -1.16. The average Bonchev–Trinajstić information content (AvgIpc) is 3.29. The van der Waals surface area contributed by atoms with Crippen LogP contribution in [0.3, 0.4) is 0 Å². The fraction of sp³-hybridized carbons (Fsp3) is 0.333. The molecule has 2 aromatic heterocycles. The predicted octanol–water partition coefficient (Wildman–Crippen LogP) is 4.16. The van der Waals surface area contributed by atoms with Gasteiger partial charge in [0.1, 0.15) is 5.76 Å². The number of alkyl halides is 3. The highest BCUT2D eigenvalue weighted by Gasteiger charge is 2.39. The molecule has 3 aromatic rings. The van der Waals surface area contributed by atoms with Crippen LogP contribution in [0, 0.1) is 0 Å². The van der Waals surface area contributed by atoms with E-state index in [0.29, 0.717) is 17.1 Å². The Morgan fingerprint density at radius 3 is 2.31 bits per heavy atom. The molecule has 0 saturated heterocycles. The van der Waals surface area contributed by atoms with Gasteiger partial charge in [0.05, 0.1) is 12.0 Å². The lowest BCUT2D eigenvalue weighted by Gasteiger charge is -2.12.